The predicted octanol–water partition coefficient (Wildman–Crippen LogP) is 4.55. The summed E-state index contributed by atoms with van der Waals surface area (Å²) in [7, 11) is 0. The fourth-order valence-corrected chi connectivity index (χ4v) is 3.59. The zero-order chi connectivity index (χ0) is 14.7. The highest BCUT2D eigenvalue weighted by Gasteiger charge is 2.25. The molecule has 1 fully saturated rings. The number of rotatable bonds is 4. The van der Waals surface area contributed by atoms with Gasteiger partial charge in [0.25, 0.3) is 0 Å². The first-order valence-corrected chi connectivity index (χ1v) is 8.90. The summed E-state index contributed by atoms with van der Waals surface area (Å²) in [6, 6.07) is 0. The van der Waals surface area contributed by atoms with Crippen LogP contribution in [0.4, 0.5) is 5.82 Å². The zero-order valence-corrected chi connectivity index (χ0v) is 15.0. The van der Waals surface area contributed by atoms with Crippen LogP contribution >= 0.6 is 22.6 Å². The van der Waals surface area contributed by atoms with Gasteiger partial charge in [0.05, 0.1) is 9.26 Å². The molecule has 2 unspecified atom stereocenters. The van der Waals surface area contributed by atoms with Crippen LogP contribution < -0.4 is 5.73 Å². The van der Waals surface area contributed by atoms with Gasteiger partial charge in [0.2, 0.25) is 0 Å². The van der Waals surface area contributed by atoms with Gasteiger partial charge in [-0.25, -0.2) is 9.97 Å². The summed E-state index contributed by atoms with van der Waals surface area (Å²) in [6.45, 7) is 6.74. The number of aromatic nitrogens is 2. The summed E-state index contributed by atoms with van der Waals surface area (Å²) in [4.78, 5) is 9.46. The van der Waals surface area contributed by atoms with Crippen LogP contribution in [0, 0.1) is 15.4 Å². The largest absolute Gasteiger partial charge is 0.383 e. The summed E-state index contributed by atoms with van der Waals surface area (Å²) in [5.41, 5.74) is 7.25. The van der Waals surface area contributed by atoms with Crippen molar-refractivity contribution in [1.82, 2.24) is 9.97 Å². The van der Waals surface area contributed by atoms with E-state index in [0.717, 1.165) is 27.4 Å². The van der Waals surface area contributed by atoms with Gasteiger partial charge in [-0.1, -0.05) is 40.0 Å². The topological polar surface area (TPSA) is 51.8 Å². The van der Waals surface area contributed by atoms with Crippen LogP contribution in [-0.4, -0.2) is 9.97 Å². The van der Waals surface area contributed by atoms with Crippen molar-refractivity contribution < 1.29 is 0 Å². The van der Waals surface area contributed by atoms with Crippen molar-refractivity contribution in [2.45, 2.75) is 65.2 Å². The maximum Gasteiger partial charge on any atom is 0.140 e. The third kappa shape index (κ3) is 3.83. The van der Waals surface area contributed by atoms with Gasteiger partial charge in [0, 0.05) is 5.92 Å². The number of nitrogens with zero attached hydrogens (tertiary/aromatic N) is 2. The molecule has 0 radical (unpaired) electrons. The number of nitrogens with two attached hydrogens (primary N) is 1. The van der Waals surface area contributed by atoms with E-state index in [4.69, 9.17) is 10.7 Å². The second-order valence-corrected chi connectivity index (χ2v) is 7.54. The highest BCUT2D eigenvalue weighted by atomic mass is 127. The Kier molecular flexibility index (Phi) is 5.64. The molecule has 112 valence electrons. The Morgan fingerprint density at radius 1 is 1.30 bits per heavy atom. The number of halogens is 1. The first-order valence-electron chi connectivity index (χ1n) is 7.83. The Labute approximate surface area is 136 Å². The maximum atomic E-state index is 6.11. The SMILES string of the molecule is CCC1CCCC(c2nc(N)c(I)c(CC(C)C)n2)C1. The first kappa shape index (κ1) is 16.0. The normalized spacial score (nSPS) is 23.2. The van der Waals surface area contributed by atoms with Crippen LogP contribution in [0.3, 0.4) is 0 Å². The molecule has 1 aromatic rings. The van der Waals surface area contributed by atoms with Gasteiger partial charge in [-0.05, 0) is 53.7 Å². The van der Waals surface area contributed by atoms with E-state index in [0.29, 0.717) is 17.7 Å². The Balaban J connectivity index is 2.25. The lowest BCUT2D eigenvalue weighted by Crippen LogP contribution is -2.18. The lowest BCUT2D eigenvalue weighted by molar-refractivity contribution is 0.307. The number of hydrogen-bond acceptors (Lipinski definition) is 3. The third-order valence-corrected chi connectivity index (χ3v) is 5.46. The average Bonchev–Trinajstić information content (AvgIpc) is 2.43. The zero-order valence-electron chi connectivity index (χ0n) is 12.8. The van der Waals surface area contributed by atoms with Crippen LogP contribution in [0.2, 0.25) is 0 Å². The summed E-state index contributed by atoms with van der Waals surface area (Å²) in [5, 5.41) is 0. The Hall–Kier alpha value is -0.390. The van der Waals surface area contributed by atoms with Gasteiger partial charge >= 0.3 is 0 Å². The molecule has 3 nitrogen and oxygen atoms in total. The van der Waals surface area contributed by atoms with E-state index in [1.54, 1.807) is 0 Å². The van der Waals surface area contributed by atoms with E-state index in [1.165, 1.54) is 32.1 Å². The van der Waals surface area contributed by atoms with Crippen molar-refractivity contribution in [1.29, 1.82) is 0 Å². The molecule has 1 aliphatic carbocycles. The first-order chi connectivity index (χ1) is 9.51. The van der Waals surface area contributed by atoms with Crippen LogP contribution in [0.5, 0.6) is 0 Å². The van der Waals surface area contributed by atoms with E-state index >= 15 is 0 Å². The number of hydrogen-bond donors (Lipinski definition) is 1. The minimum Gasteiger partial charge on any atom is -0.383 e. The molecule has 1 aromatic heterocycles. The molecule has 0 aliphatic heterocycles. The van der Waals surface area contributed by atoms with E-state index in [1.807, 2.05) is 0 Å². The van der Waals surface area contributed by atoms with E-state index in [9.17, 15) is 0 Å². The summed E-state index contributed by atoms with van der Waals surface area (Å²) >= 11 is 2.29. The molecule has 0 spiro atoms. The summed E-state index contributed by atoms with van der Waals surface area (Å²) in [5.74, 6) is 3.62. The lowest BCUT2D eigenvalue weighted by atomic mass is 9.80. The molecule has 20 heavy (non-hydrogen) atoms. The van der Waals surface area contributed by atoms with Crippen molar-refractivity contribution in [3.8, 4) is 0 Å². The highest BCUT2D eigenvalue weighted by molar-refractivity contribution is 14.1. The Bertz CT molecular complexity index is 459. The molecule has 0 amide bonds. The van der Waals surface area contributed by atoms with Crippen LogP contribution in [0.1, 0.15) is 70.3 Å². The van der Waals surface area contributed by atoms with Crippen molar-refractivity contribution in [2.24, 2.45) is 11.8 Å². The molecule has 1 saturated carbocycles. The minimum atomic E-state index is 0.513. The van der Waals surface area contributed by atoms with Gasteiger partial charge < -0.3 is 5.73 Å². The van der Waals surface area contributed by atoms with Gasteiger partial charge in [-0.15, -0.1) is 0 Å². The molecular formula is C16H26IN3. The Morgan fingerprint density at radius 3 is 2.70 bits per heavy atom. The van der Waals surface area contributed by atoms with E-state index in [2.05, 4.69) is 48.3 Å². The molecule has 1 aliphatic rings. The van der Waals surface area contributed by atoms with Crippen molar-refractivity contribution >= 4 is 28.4 Å². The molecule has 2 N–H and O–H groups in total. The molecule has 0 saturated heterocycles. The van der Waals surface area contributed by atoms with E-state index < -0.39 is 0 Å². The standard InChI is InChI=1S/C16H26IN3/c1-4-11-6-5-7-12(9-11)16-19-13(8-10(2)3)14(17)15(18)20-16/h10-12H,4-9H2,1-3H3,(H2,18,19,20). The molecule has 0 bridgehead atoms. The van der Waals surface area contributed by atoms with Gasteiger partial charge in [0.1, 0.15) is 11.6 Å². The van der Waals surface area contributed by atoms with Gasteiger partial charge in [0.15, 0.2) is 0 Å². The predicted molar refractivity (Wildman–Crippen MR) is 92.7 cm³/mol. The minimum absolute atomic E-state index is 0.513. The fraction of sp³-hybridized carbons (Fsp3) is 0.750. The fourth-order valence-electron chi connectivity index (χ4n) is 3.13. The third-order valence-electron chi connectivity index (χ3n) is 4.29. The summed E-state index contributed by atoms with van der Waals surface area (Å²) < 4.78 is 1.04. The highest BCUT2D eigenvalue weighted by Crippen LogP contribution is 2.37. The number of anilines is 1. The smallest absolute Gasteiger partial charge is 0.140 e. The molecule has 0 aromatic carbocycles. The van der Waals surface area contributed by atoms with Gasteiger partial charge in [-0.3, -0.25) is 0 Å². The average molecular weight is 387 g/mol. The maximum absolute atomic E-state index is 6.11. The molecule has 2 rings (SSSR count). The van der Waals surface area contributed by atoms with Crippen LogP contribution in [0.15, 0.2) is 0 Å². The molecule has 1 heterocycles. The lowest BCUT2D eigenvalue weighted by Gasteiger charge is -2.28. The van der Waals surface area contributed by atoms with Crippen molar-refractivity contribution in [3.63, 3.8) is 0 Å². The quantitative estimate of drug-likeness (QED) is 0.772. The second kappa shape index (κ2) is 7.05. The molecular weight excluding hydrogens is 361 g/mol. The second-order valence-electron chi connectivity index (χ2n) is 6.46. The van der Waals surface area contributed by atoms with Crippen molar-refractivity contribution in [3.05, 3.63) is 15.1 Å². The molecule has 2 atom stereocenters. The van der Waals surface area contributed by atoms with Crippen LogP contribution in [-0.2, 0) is 6.42 Å². The van der Waals surface area contributed by atoms with Gasteiger partial charge in [-0.2, -0.15) is 0 Å². The van der Waals surface area contributed by atoms with E-state index in [-0.39, 0.29) is 0 Å². The summed E-state index contributed by atoms with van der Waals surface area (Å²) in [6.07, 6.45) is 7.38. The number of nitrogen functional groups attached to an aromatic ring is 1. The van der Waals surface area contributed by atoms with Crippen molar-refractivity contribution in [2.75, 3.05) is 5.73 Å². The van der Waals surface area contributed by atoms with Crippen LogP contribution in [0.25, 0.3) is 0 Å². The Morgan fingerprint density at radius 2 is 2.05 bits per heavy atom. The molecule has 4 heteroatoms. The monoisotopic (exact) mass is 387 g/mol.